The molecule has 3 heterocycles. The second-order valence-corrected chi connectivity index (χ2v) is 8.13. The average Bonchev–Trinajstić information content (AvgIpc) is 3.39. The van der Waals surface area contributed by atoms with Gasteiger partial charge in [-0.05, 0) is 38.3 Å². The third kappa shape index (κ3) is 4.49. The van der Waals surface area contributed by atoms with Gasteiger partial charge in [-0.15, -0.1) is 0 Å². The predicted molar refractivity (Wildman–Crippen MR) is 113 cm³/mol. The van der Waals surface area contributed by atoms with E-state index in [4.69, 9.17) is 0 Å². The Labute approximate surface area is 184 Å². The SMILES string of the molecule is CCn1cc(NC(=O)C2CCN(C(=O)C3CCN(c4cc(F)cc(F)c4)C3=O)CC2)cn1. The van der Waals surface area contributed by atoms with Crippen LogP contribution < -0.4 is 10.2 Å². The molecular formula is C22H25F2N5O3. The molecule has 32 heavy (non-hydrogen) atoms. The van der Waals surface area contributed by atoms with Crippen LogP contribution >= 0.6 is 0 Å². The van der Waals surface area contributed by atoms with E-state index in [1.165, 1.54) is 4.90 Å². The van der Waals surface area contributed by atoms with Crippen LogP contribution in [0.1, 0.15) is 26.2 Å². The van der Waals surface area contributed by atoms with E-state index in [9.17, 15) is 23.2 Å². The van der Waals surface area contributed by atoms with Crippen LogP contribution in [0.3, 0.4) is 0 Å². The summed E-state index contributed by atoms with van der Waals surface area (Å²) in [6.45, 7) is 3.65. The van der Waals surface area contributed by atoms with Crippen molar-refractivity contribution < 1.29 is 23.2 Å². The summed E-state index contributed by atoms with van der Waals surface area (Å²) in [5, 5.41) is 6.99. The Bertz CT molecular complexity index is 1010. The van der Waals surface area contributed by atoms with Gasteiger partial charge in [-0.2, -0.15) is 5.10 Å². The molecule has 3 amide bonds. The van der Waals surface area contributed by atoms with Gasteiger partial charge in [0.15, 0.2) is 0 Å². The molecule has 1 aromatic carbocycles. The summed E-state index contributed by atoms with van der Waals surface area (Å²) in [5.41, 5.74) is 0.755. The number of hydrogen-bond donors (Lipinski definition) is 1. The Kier molecular flexibility index (Phi) is 6.20. The van der Waals surface area contributed by atoms with Crippen molar-refractivity contribution in [3.05, 3.63) is 42.2 Å². The Hall–Kier alpha value is -3.30. The number of likely N-dealkylation sites (tertiary alicyclic amines) is 1. The molecule has 0 aliphatic carbocycles. The van der Waals surface area contributed by atoms with Crippen molar-refractivity contribution >= 4 is 29.1 Å². The third-order valence-electron chi connectivity index (χ3n) is 6.06. The largest absolute Gasteiger partial charge is 0.342 e. The summed E-state index contributed by atoms with van der Waals surface area (Å²) in [5.74, 6) is -3.49. The molecule has 0 bridgehead atoms. The highest BCUT2D eigenvalue weighted by Crippen LogP contribution is 2.29. The number of anilines is 2. The molecule has 1 atom stereocenters. The number of halogens is 2. The molecule has 170 valence electrons. The molecule has 1 aromatic heterocycles. The molecule has 4 rings (SSSR count). The van der Waals surface area contributed by atoms with Crippen LogP contribution in [0.4, 0.5) is 20.2 Å². The summed E-state index contributed by atoms with van der Waals surface area (Å²) in [7, 11) is 0. The fraction of sp³-hybridized carbons (Fsp3) is 0.455. The predicted octanol–water partition coefficient (Wildman–Crippen LogP) is 2.41. The molecule has 2 saturated heterocycles. The lowest BCUT2D eigenvalue weighted by molar-refractivity contribution is -0.142. The lowest BCUT2D eigenvalue weighted by atomic mass is 9.94. The molecule has 2 fully saturated rings. The normalized spacial score (nSPS) is 19.5. The first kappa shape index (κ1) is 21.9. The quantitative estimate of drug-likeness (QED) is 0.716. The first-order valence-electron chi connectivity index (χ1n) is 10.7. The van der Waals surface area contributed by atoms with Crippen LogP contribution in [0.15, 0.2) is 30.6 Å². The molecule has 2 aliphatic rings. The number of piperidine rings is 1. The minimum absolute atomic E-state index is 0.107. The van der Waals surface area contributed by atoms with Gasteiger partial charge < -0.3 is 15.1 Å². The van der Waals surface area contributed by atoms with Gasteiger partial charge in [0.1, 0.15) is 17.6 Å². The number of carbonyl (C=O) groups is 3. The maximum Gasteiger partial charge on any atom is 0.239 e. The summed E-state index contributed by atoms with van der Waals surface area (Å²) in [4.78, 5) is 41.1. The summed E-state index contributed by atoms with van der Waals surface area (Å²) in [6, 6.07) is 2.91. The van der Waals surface area contributed by atoms with Crippen LogP contribution in [0.2, 0.25) is 0 Å². The second kappa shape index (κ2) is 9.05. The van der Waals surface area contributed by atoms with Crippen LogP contribution in [-0.2, 0) is 20.9 Å². The average molecular weight is 445 g/mol. The second-order valence-electron chi connectivity index (χ2n) is 8.13. The van der Waals surface area contributed by atoms with Gasteiger partial charge in [0, 0.05) is 50.0 Å². The minimum Gasteiger partial charge on any atom is -0.342 e. The Morgan fingerprint density at radius 2 is 1.78 bits per heavy atom. The number of carbonyl (C=O) groups excluding carboxylic acids is 3. The van der Waals surface area contributed by atoms with Crippen molar-refractivity contribution in [3.63, 3.8) is 0 Å². The number of aryl methyl sites for hydroxylation is 1. The zero-order valence-electron chi connectivity index (χ0n) is 17.8. The molecule has 2 aromatic rings. The summed E-state index contributed by atoms with van der Waals surface area (Å²) >= 11 is 0. The molecule has 0 saturated carbocycles. The van der Waals surface area contributed by atoms with E-state index in [0.29, 0.717) is 38.2 Å². The molecular weight excluding hydrogens is 420 g/mol. The molecule has 1 N–H and O–H groups in total. The minimum atomic E-state index is -0.869. The lowest BCUT2D eigenvalue weighted by Crippen LogP contribution is -2.45. The van der Waals surface area contributed by atoms with E-state index < -0.39 is 23.5 Å². The fourth-order valence-electron chi connectivity index (χ4n) is 4.29. The number of rotatable bonds is 5. The summed E-state index contributed by atoms with van der Waals surface area (Å²) < 4.78 is 28.8. The number of hydrogen-bond acceptors (Lipinski definition) is 4. The zero-order chi connectivity index (χ0) is 22.8. The van der Waals surface area contributed by atoms with E-state index in [2.05, 4.69) is 10.4 Å². The Morgan fingerprint density at radius 3 is 2.41 bits per heavy atom. The van der Waals surface area contributed by atoms with Crippen molar-refractivity contribution in [1.82, 2.24) is 14.7 Å². The van der Waals surface area contributed by atoms with E-state index in [0.717, 1.165) is 18.2 Å². The van der Waals surface area contributed by atoms with E-state index in [1.807, 2.05) is 6.92 Å². The smallest absolute Gasteiger partial charge is 0.239 e. The topological polar surface area (TPSA) is 87.5 Å². The van der Waals surface area contributed by atoms with Gasteiger partial charge in [0.2, 0.25) is 17.7 Å². The van der Waals surface area contributed by atoms with E-state index in [1.54, 1.807) is 22.0 Å². The van der Waals surface area contributed by atoms with Crippen molar-refractivity contribution in [2.24, 2.45) is 11.8 Å². The van der Waals surface area contributed by atoms with Crippen LogP contribution in [0.25, 0.3) is 0 Å². The van der Waals surface area contributed by atoms with Gasteiger partial charge in [0.05, 0.1) is 11.9 Å². The zero-order valence-corrected chi connectivity index (χ0v) is 17.8. The highest BCUT2D eigenvalue weighted by molar-refractivity contribution is 6.09. The van der Waals surface area contributed by atoms with Crippen molar-refractivity contribution in [2.75, 3.05) is 29.9 Å². The van der Waals surface area contributed by atoms with Gasteiger partial charge in [-0.3, -0.25) is 19.1 Å². The fourth-order valence-corrected chi connectivity index (χ4v) is 4.29. The number of nitrogens with one attached hydrogen (secondary N) is 1. The molecule has 1 unspecified atom stereocenters. The molecule has 0 radical (unpaired) electrons. The Balaban J connectivity index is 1.32. The monoisotopic (exact) mass is 445 g/mol. The number of nitrogens with zero attached hydrogens (tertiary/aromatic N) is 4. The molecule has 8 nitrogen and oxygen atoms in total. The van der Waals surface area contributed by atoms with Crippen molar-refractivity contribution in [2.45, 2.75) is 32.7 Å². The van der Waals surface area contributed by atoms with Gasteiger partial charge in [-0.25, -0.2) is 8.78 Å². The Morgan fingerprint density at radius 1 is 1.09 bits per heavy atom. The number of benzene rings is 1. The first-order valence-corrected chi connectivity index (χ1v) is 10.7. The maximum absolute atomic E-state index is 13.5. The summed E-state index contributed by atoms with van der Waals surface area (Å²) in [6.07, 6.45) is 4.65. The first-order chi connectivity index (χ1) is 15.4. The number of amides is 3. The van der Waals surface area contributed by atoms with Crippen LogP contribution in [0, 0.1) is 23.5 Å². The van der Waals surface area contributed by atoms with Crippen LogP contribution in [0.5, 0.6) is 0 Å². The van der Waals surface area contributed by atoms with Gasteiger partial charge >= 0.3 is 0 Å². The molecule has 2 aliphatic heterocycles. The lowest BCUT2D eigenvalue weighted by Gasteiger charge is -2.32. The number of aromatic nitrogens is 2. The van der Waals surface area contributed by atoms with E-state index >= 15 is 0 Å². The molecule has 10 heteroatoms. The van der Waals surface area contributed by atoms with Gasteiger partial charge in [0.25, 0.3) is 0 Å². The van der Waals surface area contributed by atoms with E-state index in [-0.39, 0.29) is 36.4 Å². The maximum atomic E-state index is 13.5. The third-order valence-corrected chi connectivity index (χ3v) is 6.06. The van der Waals surface area contributed by atoms with Gasteiger partial charge in [-0.1, -0.05) is 0 Å². The van der Waals surface area contributed by atoms with Crippen LogP contribution in [-0.4, -0.2) is 52.0 Å². The molecule has 0 spiro atoms. The highest BCUT2D eigenvalue weighted by atomic mass is 19.1. The standard InChI is InChI=1S/C22H25F2N5O3/c1-2-28-13-17(12-25-28)26-20(30)14-3-6-27(7-4-14)21(31)19-5-8-29(22(19)32)18-10-15(23)9-16(24)11-18/h9-14,19H,2-8H2,1H3,(H,26,30). The van der Waals surface area contributed by atoms with Crippen molar-refractivity contribution in [3.8, 4) is 0 Å². The van der Waals surface area contributed by atoms with Crippen molar-refractivity contribution in [1.29, 1.82) is 0 Å². The highest BCUT2D eigenvalue weighted by Gasteiger charge is 2.41.